The summed E-state index contributed by atoms with van der Waals surface area (Å²) >= 11 is 0. The molecule has 0 amide bonds. The van der Waals surface area contributed by atoms with E-state index in [9.17, 15) is 9.59 Å². The molecule has 0 heterocycles. The van der Waals surface area contributed by atoms with E-state index >= 15 is 0 Å². The fourth-order valence-corrected chi connectivity index (χ4v) is 0.607. The largest absolute Gasteiger partial charge is 0.466 e. The van der Waals surface area contributed by atoms with Gasteiger partial charge < -0.3 is 19.7 Å². The van der Waals surface area contributed by atoms with Crippen LogP contribution in [-0.2, 0) is 19.1 Å². The summed E-state index contributed by atoms with van der Waals surface area (Å²) in [7, 11) is 1.25. The van der Waals surface area contributed by atoms with E-state index in [4.69, 9.17) is 10.2 Å². The molecule has 0 fully saturated rings. The molecule has 0 rings (SSSR count). The van der Waals surface area contributed by atoms with Crippen LogP contribution >= 0.6 is 0 Å². The van der Waals surface area contributed by atoms with Crippen LogP contribution in [0.15, 0.2) is 24.3 Å². The molecule has 0 aromatic heterocycles. The van der Waals surface area contributed by atoms with Gasteiger partial charge in [0.25, 0.3) is 0 Å². The molecule has 18 heavy (non-hydrogen) atoms. The smallest absolute Gasteiger partial charge is 0.335 e. The number of methoxy groups -OCH3 is 1. The van der Waals surface area contributed by atoms with Crippen molar-refractivity contribution in [2.24, 2.45) is 0 Å². The summed E-state index contributed by atoms with van der Waals surface area (Å²) in [5.74, 6) is -1.09. The maximum atomic E-state index is 10.5. The van der Waals surface area contributed by atoms with Gasteiger partial charge in [0, 0.05) is 5.57 Å². The third-order valence-electron chi connectivity index (χ3n) is 1.86. The van der Waals surface area contributed by atoms with E-state index < -0.39 is 24.8 Å². The number of carbonyl (C=O) groups is 2. The number of carbonyl (C=O) groups excluding carboxylic acids is 2. The van der Waals surface area contributed by atoms with Crippen molar-refractivity contribution in [2.45, 2.75) is 26.4 Å². The van der Waals surface area contributed by atoms with Gasteiger partial charge >= 0.3 is 11.9 Å². The first-order chi connectivity index (χ1) is 8.31. The topological polar surface area (TPSA) is 93.1 Å². The summed E-state index contributed by atoms with van der Waals surface area (Å²) < 4.78 is 8.49. The van der Waals surface area contributed by atoms with Gasteiger partial charge in [0.15, 0.2) is 6.79 Å². The van der Waals surface area contributed by atoms with Crippen LogP contribution in [-0.4, -0.2) is 42.2 Å². The Morgan fingerprint density at radius 1 is 1.28 bits per heavy atom. The van der Waals surface area contributed by atoms with Crippen molar-refractivity contribution in [3.63, 3.8) is 0 Å². The van der Waals surface area contributed by atoms with Gasteiger partial charge in [-0.2, -0.15) is 0 Å². The fraction of sp³-hybridized carbons (Fsp3) is 0.500. The lowest BCUT2D eigenvalue weighted by atomic mass is 10.2. The predicted octanol–water partition coefficient (Wildman–Crippen LogP) is 0.542. The summed E-state index contributed by atoms with van der Waals surface area (Å²) in [6.45, 7) is 9.39. The molecule has 0 aromatic rings. The normalized spacial score (nSPS) is 10.5. The molecule has 0 bridgehead atoms. The average Bonchev–Trinajstić information content (AvgIpc) is 2.36. The van der Waals surface area contributed by atoms with E-state index in [1.807, 2.05) is 0 Å². The zero-order valence-electron chi connectivity index (χ0n) is 10.9. The summed E-state index contributed by atoms with van der Waals surface area (Å²) in [4.78, 5) is 21.0. The SMILES string of the molecule is C=C(C(=O)OC)C(C)O.C=C(CC)C(=O)OCO. The first-order valence-electron chi connectivity index (χ1n) is 5.22. The highest BCUT2D eigenvalue weighted by Gasteiger charge is 2.10. The first-order valence-corrected chi connectivity index (χ1v) is 5.22. The number of hydrogen-bond donors (Lipinski definition) is 2. The minimum absolute atomic E-state index is 0.0810. The summed E-state index contributed by atoms with van der Waals surface area (Å²) in [5.41, 5.74) is 0.460. The molecule has 6 nitrogen and oxygen atoms in total. The van der Waals surface area contributed by atoms with Gasteiger partial charge in [-0.05, 0) is 13.3 Å². The van der Waals surface area contributed by atoms with Gasteiger partial charge in [-0.25, -0.2) is 9.59 Å². The van der Waals surface area contributed by atoms with Crippen molar-refractivity contribution in [1.29, 1.82) is 0 Å². The molecule has 1 unspecified atom stereocenters. The monoisotopic (exact) mass is 260 g/mol. The van der Waals surface area contributed by atoms with Crippen LogP contribution in [0.25, 0.3) is 0 Å². The third kappa shape index (κ3) is 8.49. The minimum atomic E-state index is -0.822. The molecule has 0 aliphatic heterocycles. The van der Waals surface area contributed by atoms with Crippen LogP contribution in [0.1, 0.15) is 20.3 Å². The maximum absolute atomic E-state index is 10.5. The molecule has 0 radical (unpaired) electrons. The molecular weight excluding hydrogens is 240 g/mol. The van der Waals surface area contributed by atoms with Crippen LogP contribution in [0.2, 0.25) is 0 Å². The lowest BCUT2D eigenvalue weighted by molar-refractivity contribution is -0.147. The Balaban J connectivity index is 0. The van der Waals surface area contributed by atoms with Gasteiger partial charge in [0.05, 0.1) is 18.8 Å². The first kappa shape index (κ1) is 18.7. The molecule has 0 saturated carbocycles. The number of aliphatic hydroxyl groups excluding tert-OH is 2. The highest BCUT2D eigenvalue weighted by atomic mass is 16.6. The molecule has 104 valence electrons. The quantitative estimate of drug-likeness (QED) is 0.426. The number of hydrogen-bond acceptors (Lipinski definition) is 6. The van der Waals surface area contributed by atoms with Crippen LogP contribution in [0.4, 0.5) is 0 Å². The second-order valence-electron chi connectivity index (χ2n) is 3.21. The van der Waals surface area contributed by atoms with Crippen LogP contribution in [0.5, 0.6) is 0 Å². The van der Waals surface area contributed by atoms with Gasteiger partial charge in [0.1, 0.15) is 0 Å². The number of ether oxygens (including phenoxy) is 2. The van der Waals surface area contributed by atoms with E-state index in [0.29, 0.717) is 12.0 Å². The molecule has 0 saturated heterocycles. The van der Waals surface area contributed by atoms with Crippen molar-refractivity contribution in [3.05, 3.63) is 24.3 Å². The summed E-state index contributed by atoms with van der Waals surface area (Å²) in [5, 5.41) is 16.8. The van der Waals surface area contributed by atoms with Crippen molar-refractivity contribution in [2.75, 3.05) is 13.9 Å². The van der Waals surface area contributed by atoms with E-state index in [0.717, 1.165) is 0 Å². The molecule has 0 aromatic carbocycles. The van der Waals surface area contributed by atoms with Crippen molar-refractivity contribution < 1.29 is 29.3 Å². The molecule has 0 aliphatic carbocycles. The number of esters is 2. The van der Waals surface area contributed by atoms with Gasteiger partial charge in [-0.1, -0.05) is 20.1 Å². The Morgan fingerprint density at radius 2 is 1.78 bits per heavy atom. The summed E-state index contributed by atoms with van der Waals surface area (Å²) in [6.07, 6.45) is -0.267. The molecule has 1 atom stereocenters. The Labute approximate surface area is 107 Å². The minimum Gasteiger partial charge on any atom is -0.466 e. The summed E-state index contributed by atoms with van der Waals surface area (Å²) in [6, 6.07) is 0. The van der Waals surface area contributed by atoms with Gasteiger partial charge in [-0.15, -0.1) is 0 Å². The maximum Gasteiger partial charge on any atom is 0.335 e. The van der Waals surface area contributed by atoms with E-state index in [1.165, 1.54) is 14.0 Å². The van der Waals surface area contributed by atoms with Gasteiger partial charge in [0.2, 0.25) is 0 Å². The zero-order valence-corrected chi connectivity index (χ0v) is 10.9. The second kappa shape index (κ2) is 10.5. The molecule has 0 spiro atoms. The van der Waals surface area contributed by atoms with Crippen LogP contribution in [0, 0.1) is 0 Å². The van der Waals surface area contributed by atoms with E-state index in [1.54, 1.807) is 6.92 Å². The zero-order chi connectivity index (χ0) is 14.7. The second-order valence-corrected chi connectivity index (χ2v) is 3.21. The van der Waals surface area contributed by atoms with Crippen LogP contribution in [0.3, 0.4) is 0 Å². The highest BCUT2D eigenvalue weighted by Crippen LogP contribution is 1.99. The molecular formula is C12H20O6. The molecule has 0 aliphatic rings. The molecule has 2 N–H and O–H groups in total. The average molecular weight is 260 g/mol. The number of rotatable bonds is 5. The van der Waals surface area contributed by atoms with Crippen molar-refractivity contribution in [3.8, 4) is 0 Å². The standard InChI is InChI=1S/2C6H10O3/c1-4(5(2)7)6(8)9-3;1-3-5(2)6(8)9-4-7/h5,7H,1H2,2-3H3;7H,2-4H2,1H3. The van der Waals surface area contributed by atoms with E-state index in [2.05, 4.69) is 22.6 Å². The Bertz CT molecular complexity index is 304. The van der Waals surface area contributed by atoms with Gasteiger partial charge in [-0.3, -0.25) is 0 Å². The van der Waals surface area contributed by atoms with Crippen LogP contribution < -0.4 is 0 Å². The Hall–Kier alpha value is -1.66. The predicted molar refractivity (Wildman–Crippen MR) is 65.4 cm³/mol. The van der Waals surface area contributed by atoms with E-state index in [-0.39, 0.29) is 5.57 Å². The Morgan fingerprint density at radius 3 is 2.00 bits per heavy atom. The van der Waals surface area contributed by atoms with Crippen molar-refractivity contribution in [1.82, 2.24) is 0 Å². The Kier molecular flexibility index (Phi) is 10.9. The lowest BCUT2D eigenvalue weighted by Crippen LogP contribution is -2.14. The lowest BCUT2D eigenvalue weighted by Gasteiger charge is -2.03. The third-order valence-corrected chi connectivity index (χ3v) is 1.86. The number of aliphatic hydroxyl groups is 2. The fourth-order valence-electron chi connectivity index (χ4n) is 0.607. The molecule has 6 heteroatoms. The highest BCUT2D eigenvalue weighted by molar-refractivity contribution is 5.88. The van der Waals surface area contributed by atoms with Crippen molar-refractivity contribution >= 4 is 11.9 Å².